The molecule has 3 unspecified atom stereocenters. The molecule has 3 atom stereocenters. The minimum atomic E-state index is -4.37. The van der Waals surface area contributed by atoms with Crippen LogP contribution in [0.5, 0.6) is 0 Å². The zero-order chi connectivity index (χ0) is 57.7. The van der Waals surface area contributed by atoms with Gasteiger partial charge in [-0.2, -0.15) is 0 Å². The standard InChI is InChI=1S/C70H127N2O6P/c1-6-8-10-12-14-16-18-20-22-24-26-28-30-32-33-34-35-36-37-38-40-41-43-45-47-49-51-53-55-57-59-61-63-69(73)68(67-78-79(75,76)77-66-65-72(3,4)5)71-70(74)64-62-60-58-56-54-52-50-48-46-44-42-39-31-29-27-25-23-21-19-17-15-13-11-9-7-2/h9,11,15,17,21,23,27,29,39,42,45,47,53,55,61,63,68-69,73H,6-8,10,12-14,16,18-20,22,24-26,28,30-38,40-41,43-44,46,48-52,54,56-60,62,64-67H2,1-5H3,(H-,71,74,75,76)/p+1/b11-9-,17-15-,23-21-,29-27-,42-39-,47-45+,55-53+,63-61+. The highest BCUT2D eigenvalue weighted by Crippen LogP contribution is 2.43. The van der Waals surface area contributed by atoms with Gasteiger partial charge in [-0.25, -0.2) is 4.57 Å². The zero-order valence-corrected chi connectivity index (χ0v) is 53.2. The lowest BCUT2D eigenvalue weighted by Crippen LogP contribution is -2.45. The van der Waals surface area contributed by atoms with E-state index in [1.807, 2.05) is 27.2 Å². The van der Waals surface area contributed by atoms with Gasteiger partial charge in [0.15, 0.2) is 0 Å². The van der Waals surface area contributed by atoms with Crippen LogP contribution in [0, 0.1) is 0 Å². The lowest BCUT2D eigenvalue weighted by atomic mass is 10.0. The molecule has 0 spiro atoms. The molecular weight excluding hydrogens is 996 g/mol. The Balaban J connectivity index is 4.20. The predicted molar refractivity (Wildman–Crippen MR) is 346 cm³/mol. The number of nitrogens with zero attached hydrogens (tertiary/aromatic N) is 1. The predicted octanol–water partition coefficient (Wildman–Crippen LogP) is 20.9. The van der Waals surface area contributed by atoms with Crippen LogP contribution in [0.3, 0.4) is 0 Å². The highest BCUT2D eigenvalue weighted by molar-refractivity contribution is 7.47. The van der Waals surface area contributed by atoms with Gasteiger partial charge in [0.2, 0.25) is 5.91 Å². The number of hydrogen-bond acceptors (Lipinski definition) is 5. The molecular formula is C70H128N2O6P+. The van der Waals surface area contributed by atoms with E-state index in [0.717, 1.165) is 83.5 Å². The van der Waals surface area contributed by atoms with Gasteiger partial charge in [-0.1, -0.05) is 291 Å². The lowest BCUT2D eigenvalue weighted by Gasteiger charge is -2.25. The Labute approximate surface area is 489 Å². The first-order chi connectivity index (χ1) is 38.5. The molecule has 0 aliphatic heterocycles. The van der Waals surface area contributed by atoms with Crippen LogP contribution >= 0.6 is 7.82 Å². The number of aliphatic hydroxyl groups excluding tert-OH is 1. The first kappa shape index (κ1) is 76.4. The monoisotopic (exact) mass is 1120 g/mol. The Morgan fingerprint density at radius 2 is 0.772 bits per heavy atom. The Hall–Kier alpha value is -2.58. The van der Waals surface area contributed by atoms with Gasteiger partial charge in [0.25, 0.3) is 0 Å². The summed E-state index contributed by atoms with van der Waals surface area (Å²) in [4.78, 5) is 23.4. The normalized spacial score (nSPS) is 14.4. The molecule has 0 heterocycles. The fourth-order valence-electron chi connectivity index (χ4n) is 9.40. The van der Waals surface area contributed by atoms with Gasteiger partial charge in [-0.05, 0) is 89.9 Å². The molecule has 0 aromatic rings. The number of amides is 1. The molecule has 0 bridgehead atoms. The number of quaternary nitrogens is 1. The summed E-state index contributed by atoms with van der Waals surface area (Å²) in [6.07, 6.45) is 86.9. The molecule has 0 aliphatic carbocycles. The van der Waals surface area contributed by atoms with Gasteiger partial charge in [0.1, 0.15) is 13.2 Å². The van der Waals surface area contributed by atoms with Crippen molar-refractivity contribution in [2.24, 2.45) is 0 Å². The van der Waals surface area contributed by atoms with Crippen LogP contribution in [0.25, 0.3) is 0 Å². The maximum absolute atomic E-state index is 13.0. The molecule has 0 aliphatic rings. The Kier molecular flexibility index (Phi) is 58.1. The number of carbonyl (C=O) groups is 1. The molecule has 0 radical (unpaired) electrons. The Bertz CT molecular complexity index is 1610. The van der Waals surface area contributed by atoms with Crippen molar-refractivity contribution in [1.82, 2.24) is 5.32 Å². The van der Waals surface area contributed by atoms with Crippen molar-refractivity contribution in [3.8, 4) is 0 Å². The number of carbonyl (C=O) groups excluding carboxylic acids is 1. The summed E-state index contributed by atoms with van der Waals surface area (Å²) in [7, 11) is 1.53. The number of hydrogen-bond donors (Lipinski definition) is 3. The fourth-order valence-corrected chi connectivity index (χ4v) is 10.1. The fraction of sp³-hybridized carbons (Fsp3) is 0.757. The summed E-state index contributed by atoms with van der Waals surface area (Å²) < 4.78 is 23.8. The summed E-state index contributed by atoms with van der Waals surface area (Å²) in [6, 6.07) is -0.882. The minimum Gasteiger partial charge on any atom is -0.387 e. The lowest BCUT2D eigenvalue weighted by molar-refractivity contribution is -0.870. The number of unbranched alkanes of at least 4 members (excludes halogenated alkanes) is 33. The van der Waals surface area contributed by atoms with Crippen LogP contribution < -0.4 is 5.32 Å². The Morgan fingerprint density at radius 3 is 1.16 bits per heavy atom. The van der Waals surface area contributed by atoms with Gasteiger partial charge >= 0.3 is 7.82 Å². The maximum atomic E-state index is 13.0. The van der Waals surface area contributed by atoms with Crippen LogP contribution in [0.1, 0.15) is 290 Å². The number of phosphoric acid groups is 1. The van der Waals surface area contributed by atoms with Gasteiger partial charge in [0, 0.05) is 6.42 Å². The van der Waals surface area contributed by atoms with Crippen LogP contribution in [-0.4, -0.2) is 73.4 Å². The number of phosphoric ester groups is 1. The summed E-state index contributed by atoms with van der Waals surface area (Å²) in [6.45, 7) is 4.69. The van der Waals surface area contributed by atoms with Crippen molar-refractivity contribution in [3.63, 3.8) is 0 Å². The molecule has 9 heteroatoms. The average Bonchev–Trinajstić information content (AvgIpc) is 3.42. The van der Waals surface area contributed by atoms with E-state index in [1.165, 1.54) is 186 Å². The molecule has 0 aromatic heterocycles. The maximum Gasteiger partial charge on any atom is 0.472 e. The molecule has 0 aromatic carbocycles. The van der Waals surface area contributed by atoms with E-state index in [9.17, 15) is 19.4 Å². The number of allylic oxidation sites excluding steroid dienone is 15. The molecule has 8 nitrogen and oxygen atoms in total. The molecule has 3 N–H and O–H groups in total. The summed E-state index contributed by atoms with van der Waals surface area (Å²) in [5.74, 6) is -0.199. The van der Waals surface area contributed by atoms with Crippen molar-refractivity contribution < 1.29 is 32.9 Å². The second-order valence-electron chi connectivity index (χ2n) is 23.4. The average molecular weight is 1120 g/mol. The van der Waals surface area contributed by atoms with Gasteiger partial charge in [0.05, 0.1) is 39.9 Å². The topological polar surface area (TPSA) is 105 Å². The van der Waals surface area contributed by atoms with Crippen LogP contribution in [-0.2, 0) is 18.4 Å². The first-order valence-corrected chi connectivity index (χ1v) is 34.6. The summed E-state index contributed by atoms with van der Waals surface area (Å²) in [5, 5.41) is 14.0. The number of aliphatic hydroxyl groups is 1. The molecule has 0 fully saturated rings. The van der Waals surface area contributed by atoms with E-state index in [1.54, 1.807) is 6.08 Å². The van der Waals surface area contributed by atoms with Crippen LogP contribution in [0.15, 0.2) is 97.2 Å². The first-order valence-electron chi connectivity index (χ1n) is 33.1. The molecule has 0 rings (SSSR count). The minimum absolute atomic E-state index is 0.0477. The zero-order valence-electron chi connectivity index (χ0n) is 52.3. The van der Waals surface area contributed by atoms with Gasteiger partial charge < -0.3 is 19.8 Å². The smallest absolute Gasteiger partial charge is 0.387 e. The number of likely N-dealkylation sites (N-methyl/N-ethyl adjacent to an activating group) is 1. The molecule has 79 heavy (non-hydrogen) atoms. The van der Waals surface area contributed by atoms with E-state index in [4.69, 9.17) is 9.05 Å². The highest BCUT2D eigenvalue weighted by Gasteiger charge is 2.27. The summed E-state index contributed by atoms with van der Waals surface area (Å²) >= 11 is 0. The molecule has 0 saturated heterocycles. The van der Waals surface area contributed by atoms with Crippen LogP contribution in [0.2, 0.25) is 0 Å². The SMILES string of the molecule is CC/C=C\C/C=C\C/C=C\C/C=C\C/C=C\CCCCCCCCCCCC(=O)NC(COP(=O)(O)OCC[N+](C)(C)C)C(O)/C=C/CC/C=C/CC/C=C/CCCCCCCCCCCCCCCCCCCCCCCC. The second kappa shape index (κ2) is 60.0. The quantitative estimate of drug-likeness (QED) is 0.0243. The van der Waals surface area contributed by atoms with Crippen molar-refractivity contribution in [3.05, 3.63) is 97.2 Å². The van der Waals surface area contributed by atoms with Crippen molar-refractivity contribution in [2.45, 2.75) is 302 Å². The third-order valence-electron chi connectivity index (χ3n) is 14.5. The van der Waals surface area contributed by atoms with E-state index in [2.05, 4.69) is 104 Å². The molecule has 1 amide bonds. The molecule has 0 saturated carbocycles. The van der Waals surface area contributed by atoms with E-state index >= 15 is 0 Å². The molecule has 458 valence electrons. The van der Waals surface area contributed by atoms with E-state index < -0.39 is 20.0 Å². The summed E-state index contributed by atoms with van der Waals surface area (Å²) in [5.41, 5.74) is 0. The van der Waals surface area contributed by atoms with Crippen molar-refractivity contribution >= 4 is 13.7 Å². The number of nitrogens with one attached hydrogen (secondary N) is 1. The third kappa shape index (κ3) is 62.9. The van der Waals surface area contributed by atoms with E-state index in [-0.39, 0.29) is 19.1 Å². The Morgan fingerprint density at radius 1 is 0.443 bits per heavy atom. The van der Waals surface area contributed by atoms with Gasteiger partial charge in [-0.3, -0.25) is 13.8 Å². The van der Waals surface area contributed by atoms with Crippen molar-refractivity contribution in [1.29, 1.82) is 0 Å². The van der Waals surface area contributed by atoms with Gasteiger partial charge in [-0.15, -0.1) is 0 Å². The van der Waals surface area contributed by atoms with Crippen molar-refractivity contribution in [2.75, 3.05) is 40.9 Å². The van der Waals surface area contributed by atoms with Crippen LogP contribution in [0.4, 0.5) is 0 Å². The largest absolute Gasteiger partial charge is 0.472 e. The second-order valence-corrected chi connectivity index (χ2v) is 24.9. The number of rotatable bonds is 60. The highest BCUT2D eigenvalue weighted by atomic mass is 31.2. The third-order valence-corrected chi connectivity index (χ3v) is 15.5. The van der Waals surface area contributed by atoms with E-state index in [0.29, 0.717) is 17.4 Å².